The van der Waals surface area contributed by atoms with Crippen LogP contribution in [-0.2, 0) is 11.3 Å². The normalized spacial score (nSPS) is 10.5. The molecule has 0 fully saturated rings. The zero-order valence-electron chi connectivity index (χ0n) is 12.5. The first-order valence-electron chi connectivity index (χ1n) is 7.01. The lowest BCUT2D eigenvalue weighted by Gasteiger charge is -2.06. The quantitative estimate of drug-likeness (QED) is 0.532. The van der Waals surface area contributed by atoms with E-state index in [1.807, 2.05) is 30.5 Å². The topological polar surface area (TPSA) is 57.0 Å². The smallest absolute Gasteiger partial charge is 0.338 e. The van der Waals surface area contributed by atoms with Crippen LogP contribution in [0.4, 0.5) is 0 Å². The first kappa shape index (κ1) is 15.3. The molecule has 0 aliphatic heterocycles. The van der Waals surface area contributed by atoms with Crippen LogP contribution in [0.3, 0.4) is 0 Å². The molecule has 0 spiro atoms. The third-order valence-electron chi connectivity index (χ3n) is 3.32. The molecule has 0 N–H and O–H groups in total. The second-order valence-corrected chi connectivity index (χ2v) is 5.69. The maximum absolute atomic E-state index is 12.1. The molecule has 2 aromatic carbocycles. The maximum atomic E-state index is 12.1. The monoisotopic (exact) mass is 325 g/mol. The second-order valence-electron chi connectivity index (χ2n) is 4.81. The summed E-state index contributed by atoms with van der Waals surface area (Å²) in [5, 5.41) is 4.04. The van der Waals surface area contributed by atoms with E-state index in [1.165, 1.54) is 11.2 Å². The van der Waals surface area contributed by atoms with Crippen LogP contribution in [0.1, 0.15) is 15.9 Å². The Balaban J connectivity index is 1.61. The number of benzene rings is 2. The van der Waals surface area contributed by atoms with E-state index in [0.29, 0.717) is 5.56 Å². The van der Waals surface area contributed by atoms with Crippen LogP contribution in [-0.4, -0.2) is 27.0 Å². The Morgan fingerprint density at radius 3 is 2.48 bits per heavy atom. The SMILES string of the molecule is CSc1ccc(COC(=O)c2ccc(-n3cncn3)cc2)cc1. The first-order chi connectivity index (χ1) is 11.3. The van der Waals surface area contributed by atoms with Gasteiger partial charge in [0.2, 0.25) is 0 Å². The summed E-state index contributed by atoms with van der Waals surface area (Å²) in [6.45, 7) is 0.262. The van der Waals surface area contributed by atoms with Gasteiger partial charge in [-0.15, -0.1) is 11.8 Å². The number of esters is 1. The Labute approximate surface area is 138 Å². The molecule has 0 aliphatic rings. The van der Waals surface area contributed by atoms with Gasteiger partial charge in [-0.25, -0.2) is 14.5 Å². The number of nitrogens with zero attached hydrogens (tertiary/aromatic N) is 3. The summed E-state index contributed by atoms with van der Waals surface area (Å²) in [7, 11) is 0. The van der Waals surface area contributed by atoms with Crippen molar-refractivity contribution >= 4 is 17.7 Å². The molecule has 5 nitrogen and oxygen atoms in total. The minimum absolute atomic E-state index is 0.262. The molecule has 0 saturated heterocycles. The molecule has 0 radical (unpaired) electrons. The molecular formula is C17H15N3O2S. The van der Waals surface area contributed by atoms with Crippen LogP contribution in [0.15, 0.2) is 66.1 Å². The molecule has 0 unspecified atom stereocenters. The number of carbonyl (C=O) groups is 1. The maximum Gasteiger partial charge on any atom is 0.338 e. The van der Waals surface area contributed by atoms with Gasteiger partial charge in [0.05, 0.1) is 11.3 Å². The number of hydrogen-bond donors (Lipinski definition) is 0. The highest BCUT2D eigenvalue weighted by Crippen LogP contribution is 2.16. The Kier molecular flexibility index (Phi) is 4.73. The highest BCUT2D eigenvalue weighted by molar-refractivity contribution is 7.98. The van der Waals surface area contributed by atoms with Crippen molar-refractivity contribution in [3.05, 3.63) is 72.3 Å². The van der Waals surface area contributed by atoms with Gasteiger partial charge in [0, 0.05) is 4.90 Å². The number of hydrogen-bond acceptors (Lipinski definition) is 5. The Morgan fingerprint density at radius 2 is 1.87 bits per heavy atom. The summed E-state index contributed by atoms with van der Waals surface area (Å²) in [5.74, 6) is -0.343. The van der Waals surface area contributed by atoms with Gasteiger partial charge in [-0.1, -0.05) is 12.1 Å². The van der Waals surface area contributed by atoms with Crippen LogP contribution < -0.4 is 0 Å². The van der Waals surface area contributed by atoms with E-state index in [-0.39, 0.29) is 12.6 Å². The molecule has 3 rings (SSSR count). The first-order valence-corrected chi connectivity index (χ1v) is 8.24. The highest BCUT2D eigenvalue weighted by atomic mass is 32.2. The Hall–Kier alpha value is -2.60. The standard InChI is InChI=1S/C17H15N3O2S/c1-23-16-8-2-13(3-9-16)10-22-17(21)14-4-6-15(7-5-14)20-12-18-11-19-20/h2-9,11-12H,10H2,1H3. The van der Waals surface area contributed by atoms with E-state index < -0.39 is 0 Å². The third-order valence-corrected chi connectivity index (χ3v) is 4.06. The van der Waals surface area contributed by atoms with Gasteiger partial charge in [0.25, 0.3) is 0 Å². The predicted molar refractivity (Wildman–Crippen MR) is 88.7 cm³/mol. The van der Waals surface area contributed by atoms with E-state index in [1.54, 1.807) is 47.0 Å². The molecule has 0 aliphatic carbocycles. The molecular weight excluding hydrogens is 310 g/mol. The fourth-order valence-corrected chi connectivity index (χ4v) is 2.45. The van der Waals surface area contributed by atoms with Gasteiger partial charge >= 0.3 is 5.97 Å². The molecule has 1 aromatic heterocycles. The van der Waals surface area contributed by atoms with Gasteiger partial charge in [-0.05, 0) is 48.2 Å². The third kappa shape index (κ3) is 3.78. The second kappa shape index (κ2) is 7.11. The lowest BCUT2D eigenvalue weighted by Crippen LogP contribution is -2.05. The minimum Gasteiger partial charge on any atom is -0.457 e. The number of rotatable bonds is 5. The molecule has 0 atom stereocenters. The van der Waals surface area contributed by atoms with E-state index >= 15 is 0 Å². The van der Waals surface area contributed by atoms with Crippen LogP contribution in [0.5, 0.6) is 0 Å². The van der Waals surface area contributed by atoms with Crippen molar-refractivity contribution < 1.29 is 9.53 Å². The van der Waals surface area contributed by atoms with Crippen LogP contribution in [0, 0.1) is 0 Å². The summed E-state index contributed by atoms with van der Waals surface area (Å²) in [6.07, 6.45) is 5.09. The van der Waals surface area contributed by atoms with Crippen LogP contribution >= 0.6 is 11.8 Å². The van der Waals surface area contributed by atoms with E-state index in [4.69, 9.17) is 4.74 Å². The van der Waals surface area contributed by atoms with Gasteiger partial charge in [0.1, 0.15) is 19.3 Å². The van der Waals surface area contributed by atoms with Gasteiger partial charge < -0.3 is 4.74 Å². The van der Waals surface area contributed by atoms with Gasteiger partial charge in [-0.3, -0.25) is 0 Å². The van der Waals surface area contributed by atoms with Crippen molar-refractivity contribution in [2.75, 3.05) is 6.26 Å². The van der Waals surface area contributed by atoms with Crippen molar-refractivity contribution in [3.8, 4) is 5.69 Å². The molecule has 116 valence electrons. The number of aromatic nitrogens is 3. The van der Waals surface area contributed by atoms with Crippen LogP contribution in [0.2, 0.25) is 0 Å². The molecule has 1 heterocycles. The van der Waals surface area contributed by atoms with Crippen molar-refractivity contribution in [2.24, 2.45) is 0 Å². The Bertz CT molecular complexity index is 769. The number of carbonyl (C=O) groups excluding carboxylic acids is 1. The van der Waals surface area contributed by atoms with E-state index in [9.17, 15) is 4.79 Å². The summed E-state index contributed by atoms with van der Waals surface area (Å²) >= 11 is 1.68. The van der Waals surface area contributed by atoms with Crippen molar-refractivity contribution in [1.82, 2.24) is 14.8 Å². The van der Waals surface area contributed by atoms with Crippen molar-refractivity contribution in [2.45, 2.75) is 11.5 Å². The minimum atomic E-state index is -0.343. The largest absolute Gasteiger partial charge is 0.457 e. The zero-order chi connectivity index (χ0) is 16.1. The summed E-state index contributed by atoms with van der Waals surface area (Å²) in [4.78, 5) is 17.2. The van der Waals surface area contributed by atoms with Crippen LogP contribution in [0.25, 0.3) is 5.69 Å². The lowest BCUT2D eigenvalue weighted by atomic mass is 10.2. The van der Waals surface area contributed by atoms with Gasteiger partial charge in [0.15, 0.2) is 0 Å². The van der Waals surface area contributed by atoms with Gasteiger partial charge in [-0.2, -0.15) is 5.10 Å². The lowest BCUT2D eigenvalue weighted by molar-refractivity contribution is 0.0472. The Morgan fingerprint density at radius 1 is 1.13 bits per heavy atom. The summed E-state index contributed by atoms with van der Waals surface area (Å²) in [5.41, 5.74) is 2.32. The van der Waals surface area contributed by atoms with E-state index in [2.05, 4.69) is 10.1 Å². The molecule has 0 saturated carbocycles. The summed E-state index contributed by atoms with van der Waals surface area (Å²) < 4.78 is 6.97. The predicted octanol–water partition coefficient (Wildman–Crippen LogP) is 3.35. The molecule has 0 amide bonds. The molecule has 6 heteroatoms. The highest BCUT2D eigenvalue weighted by Gasteiger charge is 2.08. The fraction of sp³-hybridized carbons (Fsp3) is 0.118. The average Bonchev–Trinajstić information content (AvgIpc) is 3.15. The zero-order valence-corrected chi connectivity index (χ0v) is 13.4. The molecule has 3 aromatic rings. The molecule has 0 bridgehead atoms. The van der Waals surface area contributed by atoms with E-state index in [0.717, 1.165) is 11.3 Å². The van der Waals surface area contributed by atoms with Crippen molar-refractivity contribution in [1.29, 1.82) is 0 Å². The molecule has 23 heavy (non-hydrogen) atoms. The average molecular weight is 325 g/mol. The van der Waals surface area contributed by atoms with Crippen molar-refractivity contribution in [3.63, 3.8) is 0 Å². The number of thioether (sulfide) groups is 1. The fourth-order valence-electron chi connectivity index (χ4n) is 2.05. The number of ether oxygens (including phenoxy) is 1. The summed E-state index contributed by atoms with van der Waals surface area (Å²) in [6, 6.07) is 15.0.